The number of nitrogens with one attached hydrogen (secondary N) is 2. The summed E-state index contributed by atoms with van der Waals surface area (Å²) in [6.45, 7) is 6.23. The molecule has 0 unspecified atom stereocenters. The van der Waals surface area contributed by atoms with Crippen LogP contribution in [0.2, 0.25) is 0 Å². The molecule has 8 rings (SSSR count). The molecule has 0 spiro atoms. The molecule has 4 amide bonds. The van der Waals surface area contributed by atoms with E-state index in [2.05, 4.69) is 20.4 Å². The van der Waals surface area contributed by atoms with E-state index < -0.39 is 0 Å². The van der Waals surface area contributed by atoms with E-state index in [1.807, 2.05) is 48.5 Å². The molecule has 4 aliphatic rings. The molecule has 0 saturated carbocycles. The number of piperidine rings is 2. The molecule has 0 atom stereocenters. The van der Waals surface area contributed by atoms with Crippen molar-refractivity contribution in [2.45, 2.75) is 50.7 Å². The van der Waals surface area contributed by atoms with Crippen LogP contribution in [0.15, 0.2) is 60.7 Å². The second kappa shape index (κ2) is 15.5. The number of rotatable bonds is 13. The Morgan fingerprint density at radius 2 is 0.870 bits per heavy atom. The Morgan fingerprint density at radius 1 is 0.500 bits per heavy atom. The quantitative estimate of drug-likeness (QED) is 0.119. The summed E-state index contributed by atoms with van der Waals surface area (Å²) in [5.41, 5.74) is 4.20. The topological polar surface area (TPSA) is 146 Å². The smallest absolute Gasteiger partial charge is 0.261 e. The molecule has 282 valence electrons. The molecule has 4 aliphatic heterocycles. The predicted molar refractivity (Wildman–Crippen MR) is 209 cm³/mol. The molecule has 0 aromatic heterocycles. The van der Waals surface area contributed by atoms with E-state index in [4.69, 9.17) is 0 Å². The number of aliphatic hydroxyl groups is 2. The highest BCUT2D eigenvalue weighted by atomic mass is 16.3. The SMILES string of the molecule is O=C1c2cccc3c(N4CCC(O)CC4)ccc(c23)C(=O)N1CCCNCCNCCCN1C(=O)c2cccc3c(N4CCC(O)CC4)ccc(c23)C1=O. The molecular formula is C42H48N6O6. The fourth-order valence-corrected chi connectivity index (χ4v) is 8.58. The minimum atomic E-state index is -0.283. The molecule has 4 N–H and O–H groups in total. The van der Waals surface area contributed by atoms with Crippen molar-refractivity contribution in [2.24, 2.45) is 0 Å². The van der Waals surface area contributed by atoms with Crippen molar-refractivity contribution in [3.63, 3.8) is 0 Å². The van der Waals surface area contributed by atoms with E-state index in [0.29, 0.717) is 100 Å². The first-order valence-electron chi connectivity index (χ1n) is 19.4. The van der Waals surface area contributed by atoms with Gasteiger partial charge in [-0.05, 0) is 88.0 Å². The number of hydrogen-bond donors (Lipinski definition) is 4. The summed E-state index contributed by atoms with van der Waals surface area (Å²) in [5, 5.41) is 29.9. The molecule has 2 saturated heterocycles. The van der Waals surface area contributed by atoms with E-state index in [9.17, 15) is 29.4 Å². The van der Waals surface area contributed by atoms with E-state index in [-0.39, 0.29) is 35.8 Å². The summed E-state index contributed by atoms with van der Waals surface area (Å²) < 4.78 is 0. The molecule has 2 fully saturated rings. The number of nitrogens with zero attached hydrogens (tertiary/aromatic N) is 4. The molecule has 4 aromatic rings. The third kappa shape index (κ3) is 6.72. The predicted octanol–water partition coefficient (Wildman–Crippen LogP) is 3.77. The van der Waals surface area contributed by atoms with Gasteiger partial charge in [-0.3, -0.25) is 29.0 Å². The van der Waals surface area contributed by atoms with Gasteiger partial charge in [0, 0.05) is 108 Å². The van der Waals surface area contributed by atoms with Crippen LogP contribution in [0.1, 0.15) is 80.0 Å². The van der Waals surface area contributed by atoms with Gasteiger partial charge in [0.05, 0.1) is 12.2 Å². The van der Waals surface area contributed by atoms with Crippen molar-refractivity contribution in [2.75, 3.05) is 75.2 Å². The zero-order valence-electron chi connectivity index (χ0n) is 30.6. The summed E-state index contributed by atoms with van der Waals surface area (Å²) >= 11 is 0. The van der Waals surface area contributed by atoms with Gasteiger partial charge >= 0.3 is 0 Å². The van der Waals surface area contributed by atoms with Gasteiger partial charge in [0.2, 0.25) is 0 Å². The zero-order chi connectivity index (χ0) is 37.3. The number of imide groups is 2. The van der Waals surface area contributed by atoms with Gasteiger partial charge in [-0.25, -0.2) is 0 Å². The molecule has 12 nitrogen and oxygen atoms in total. The van der Waals surface area contributed by atoms with Crippen molar-refractivity contribution in [3.05, 3.63) is 82.9 Å². The van der Waals surface area contributed by atoms with Crippen molar-refractivity contribution in [1.29, 1.82) is 0 Å². The summed E-state index contributed by atoms with van der Waals surface area (Å²) in [7, 11) is 0. The number of amides is 4. The Bertz CT molecular complexity index is 1910. The maximum atomic E-state index is 13.5. The minimum absolute atomic E-state index is 0.263. The van der Waals surface area contributed by atoms with Crippen LogP contribution >= 0.6 is 0 Å². The lowest BCUT2D eigenvalue weighted by molar-refractivity contribution is 0.0593. The number of aliphatic hydroxyl groups excluding tert-OH is 2. The molecule has 12 heteroatoms. The first-order chi connectivity index (χ1) is 26.3. The fourth-order valence-electron chi connectivity index (χ4n) is 8.58. The largest absolute Gasteiger partial charge is 0.393 e. The van der Waals surface area contributed by atoms with E-state index in [1.165, 1.54) is 9.80 Å². The van der Waals surface area contributed by atoms with Crippen LogP contribution in [0.5, 0.6) is 0 Å². The lowest BCUT2D eigenvalue weighted by atomic mass is 9.92. The highest BCUT2D eigenvalue weighted by Crippen LogP contribution is 2.38. The third-order valence-electron chi connectivity index (χ3n) is 11.5. The van der Waals surface area contributed by atoms with E-state index in [1.54, 1.807) is 12.1 Å². The van der Waals surface area contributed by atoms with E-state index in [0.717, 1.165) is 59.1 Å². The number of benzene rings is 4. The Hall–Kier alpha value is -4.88. The standard InChI is InChI=1S/C42H48N6O6/c49-27-13-23-45(24-14-27)35-11-9-33-37-29(35)5-1-7-31(37)39(51)47(41(33)53)21-3-17-43-19-20-44-18-4-22-48-40(52)32-8-2-6-30-36(46-25-15-28(50)16-26-46)12-10-34(38(30)32)42(48)54/h1-2,5-12,27-28,43-44,49-50H,3-4,13-26H2. The van der Waals surface area contributed by atoms with Crippen LogP contribution < -0.4 is 20.4 Å². The average molecular weight is 733 g/mol. The highest BCUT2D eigenvalue weighted by molar-refractivity contribution is 6.28. The van der Waals surface area contributed by atoms with Gasteiger partial charge in [0.15, 0.2) is 0 Å². The van der Waals surface area contributed by atoms with Crippen molar-refractivity contribution < 1.29 is 29.4 Å². The molecule has 54 heavy (non-hydrogen) atoms. The first-order valence-corrected chi connectivity index (χ1v) is 19.4. The molecule has 4 heterocycles. The van der Waals surface area contributed by atoms with Gasteiger partial charge in [-0.2, -0.15) is 0 Å². The average Bonchev–Trinajstić information content (AvgIpc) is 3.19. The van der Waals surface area contributed by atoms with Gasteiger partial charge in [-0.15, -0.1) is 0 Å². The fraction of sp³-hybridized carbons (Fsp3) is 0.429. The minimum Gasteiger partial charge on any atom is -0.393 e. The summed E-state index contributed by atoms with van der Waals surface area (Å²) in [5.74, 6) is -1.05. The molecule has 0 bridgehead atoms. The van der Waals surface area contributed by atoms with Crippen LogP contribution in [0.25, 0.3) is 21.5 Å². The van der Waals surface area contributed by atoms with Gasteiger partial charge in [-0.1, -0.05) is 24.3 Å². The zero-order valence-corrected chi connectivity index (χ0v) is 30.6. The normalized spacial score (nSPS) is 18.2. The Balaban J connectivity index is 0.779. The lowest BCUT2D eigenvalue weighted by Crippen LogP contribution is -2.42. The van der Waals surface area contributed by atoms with Crippen molar-refractivity contribution in [1.82, 2.24) is 20.4 Å². The van der Waals surface area contributed by atoms with Crippen LogP contribution in [-0.2, 0) is 0 Å². The molecule has 0 aliphatic carbocycles. The second-order valence-electron chi connectivity index (χ2n) is 14.9. The van der Waals surface area contributed by atoms with Crippen LogP contribution in [0.4, 0.5) is 11.4 Å². The third-order valence-corrected chi connectivity index (χ3v) is 11.5. The Labute approximate surface area is 314 Å². The highest BCUT2D eigenvalue weighted by Gasteiger charge is 2.35. The lowest BCUT2D eigenvalue weighted by Gasteiger charge is -2.34. The molecule has 4 aromatic carbocycles. The maximum Gasteiger partial charge on any atom is 0.261 e. The number of anilines is 2. The van der Waals surface area contributed by atoms with Crippen LogP contribution in [-0.4, -0.2) is 121 Å². The summed E-state index contributed by atoms with van der Waals surface area (Å²) in [6, 6.07) is 18.9. The Kier molecular flexibility index (Phi) is 10.3. The number of carbonyl (C=O) groups excluding carboxylic acids is 4. The van der Waals surface area contributed by atoms with Crippen LogP contribution in [0, 0.1) is 0 Å². The van der Waals surface area contributed by atoms with Gasteiger partial charge < -0.3 is 30.6 Å². The monoisotopic (exact) mass is 732 g/mol. The number of carbonyl (C=O) groups is 4. The van der Waals surface area contributed by atoms with E-state index >= 15 is 0 Å². The first kappa shape index (κ1) is 36.1. The van der Waals surface area contributed by atoms with Gasteiger partial charge in [0.1, 0.15) is 0 Å². The second-order valence-corrected chi connectivity index (χ2v) is 14.9. The maximum absolute atomic E-state index is 13.5. The van der Waals surface area contributed by atoms with Crippen molar-refractivity contribution >= 4 is 56.5 Å². The summed E-state index contributed by atoms with van der Waals surface area (Å²) in [4.78, 5) is 61.3. The van der Waals surface area contributed by atoms with Gasteiger partial charge in [0.25, 0.3) is 23.6 Å². The molecular weight excluding hydrogens is 684 g/mol. The summed E-state index contributed by atoms with van der Waals surface area (Å²) in [6.07, 6.45) is 3.46. The van der Waals surface area contributed by atoms with Crippen LogP contribution in [0.3, 0.4) is 0 Å². The number of hydrogen-bond acceptors (Lipinski definition) is 10. The van der Waals surface area contributed by atoms with Crippen molar-refractivity contribution in [3.8, 4) is 0 Å². The Morgan fingerprint density at radius 3 is 1.26 bits per heavy atom. The molecule has 0 radical (unpaired) electrons.